The molecule has 1 aliphatic rings. The van der Waals surface area contributed by atoms with E-state index in [1.54, 1.807) is 0 Å². The molecule has 1 aliphatic heterocycles. The van der Waals surface area contributed by atoms with Crippen molar-refractivity contribution in [3.8, 4) is 0 Å². The number of hydrogen-bond acceptors (Lipinski definition) is 2. The normalized spacial score (nSPS) is 18.1. The van der Waals surface area contributed by atoms with E-state index in [1.807, 2.05) is 26.1 Å². The van der Waals surface area contributed by atoms with Crippen molar-refractivity contribution in [2.24, 2.45) is 0 Å². The molecule has 0 aliphatic carbocycles. The maximum absolute atomic E-state index is 4.49. The van der Waals surface area contributed by atoms with Gasteiger partial charge in [0.2, 0.25) is 0 Å². The third-order valence-corrected chi connectivity index (χ3v) is 2.77. The van der Waals surface area contributed by atoms with Gasteiger partial charge in [-0.15, -0.1) is 0 Å². The van der Waals surface area contributed by atoms with Crippen LogP contribution < -0.4 is 5.32 Å². The number of nitrogens with one attached hydrogen (secondary N) is 1. The fourth-order valence-electron chi connectivity index (χ4n) is 1.93. The van der Waals surface area contributed by atoms with Crippen molar-refractivity contribution in [1.29, 1.82) is 0 Å². The molecule has 2 nitrogen and oxygen atoms in total. The van der Waals surface area contributed by atoms with Crippen LogP contribution in [0.3, 0.4) is 0 Å². The maximum Gasteiger partial charge on any atom is 0.0505 e. The van der Waals surface area contributed by atoms with Gasteiger partial charge in [0, 0.05) is 18.2 Å². The Morgan fingerprint density at radius 3 is 2.80 bits per heavy atom. The lowest BCUT2D eigenvalue weighted by molar-refractivity contribution is 0.466. The van der Waals surface area contributed by atoms with Crippen molar-refractivity contribution >= 4 is 0 Å². The Kier molecular flexibility index (Phi) is 4.28. The van der Waals surface area contributed by atoms with Crippen molar-refractivity contribution in [2.75, 3.05) is 6.54 Å². The van der Waals surface area contributed by atoms with Crippen LogP contribution in [-0.2, 0) is 12.0 Å². The fourth-order valence-corrected chi connectivity index (χ4v) is 1.93. The number of hydrogen-bond donors (Lipinski definition) is 1. The van der Waals surface area contributed by atoms with E-state index in [0.717, 1.165) is 19.5 Å². The molecule has 2 heterocycles. The van der Waals surface area contributed by atoms with E-state index >= 15 is 0 Å². The van der Waals surface area contributed by atoms with Crippen LogP contribution in [0.15, 0.2) is 18.3 Å². The van der Waals surface area contributed by atoms with Crippen molar-refractivity contribution in [1.82, 2.24) is 10.3 Å². The van der Waals surface area contributed by atoms with Crippen LogP contribution in [0.2, 0.25) is 0 Å². The second-order valence-electron chi connectivity index (χ2n) is 4.32. The van der Waals surface area contributed by atoms with Crippen molar-refractivity contribution in [2.45, 2.75) is 46.1 Å². The Morgan fingerprint density at radius 1 is 1.33 bits per heavy atom. The first-order chi connectivity index (χ1) is 7.20. The second-order valence-corrected chi connectivity index (χ2v) is 4.32. The van der Waals surface area contributed by atoms with Gasteiger partial charge >= 0.3 is 0 Å². The van der Waals surface area contributed by atoms with E-state index < -0.39 is 0 Å². The molecule has 1 aromatic heterocycles. The molecule has 0 saturated heterocycles. The summed E-state index contributed by atoms with van der Waals surface area (Å²) in [7, 11) is 0. The van der Waals surface area contributed by atoms with Crippen molar-refractivity contribution < 1.29 is 0 Å². The van der Waals surface area contributed by atoms with E-state index in [9.17, 15) is 0 Å². The van der Waals surface area contributed by atoms with E-state index in [4.69, 9.17) is 0 Å². The van der Waals surface area contributed by atoms with Crippen LogP contribution >= 0.6 is 0 Å². The highest BCUT2D eigenvalue weighted by molar-refractivity contribution is 5.27. The predicted molar refractivity (Wildman–Crippen MR) is 64.9 cm³/mol. The summed E-state index contributed by atoms with van der Waals surface area (Å²) in [6.07, 6.45) is 3.06. The lowest BCUT2D eigenvalue weighted by Crippen LogP contribution is -2.21. The standard InChI is InChI=1S/C11H16N2.C2H6/c1-11(2)5-7-12-8-9-4-3-6-13-10(9)11;1-2/h3-4,6,12H,5,7-8H2,1-2H3;1-2H3. The first-order valence-electron chi connectivity index (χ1n) is 5.85. The number of nitrogens with zero attached hydrogens (tertiary/aromatic N) is 1. The predicted octanol–water partition coefficient (Wildman–Crippen LogP) is 2.88. The summed E-state index contributed by atoms with van der Waals surface area (Å²) < 4.78 is 0. The minimum Gasteiger partial charge on any atom is -0.313 e. The monoisotopic (exact) mass is 206 g/mol. The van der Waals surface area contributed by atoms with Crippen molar-refractivity contribution in [3.05, 3.63) is 29.6 Å². The molecule has 0 amide bonds. The van der Waals surface area contributed by atoms with Crippen LogP contribution in [0.5, 0.6) is 0 Å². The van der Waals surface area contributed by atoms with E-state index in [2.05, 4.69) is 30.2 Å². The SMILES string of the molecule is CC.CC1(C)CCNCc2cccnc21. The number of fused-ring (bicyclic) bond motifs is 1. The molecule has 84 valence electrons. The van der Waals surface area contributed by atoms with Gasteiger partial charge in [0.05, 0.1) is 5.69 Å². The third kappa shape index (κ3) is 2.78. The molecule has 0 atom stereocenters. The zero-order valence-electron chi connectivity index (χ0n) is 10.3. The van der Waals surface area contributed by atoms with E-state index in [1.165, 1.54) is 11.3 Å². The van der Waals surface area contributed by atoms with Gasteiger partial charge in [-0.05, 0) is 24.6 Å². The molecule has 2 heteroatoms. The van der Waals surface area contributed by atoms with E-state index in [-0.39, 0.29) is 5.41 Å². The molecule has 0 radical (unpaired) electrons. The lowest BCUT2D eigenvalue weighted by atomic mass is 9.84. The summed E-state index contributed by atoms with van der Waals surface area (Å²) in [6, 6.07) is 4.18. The highest BCUT2D eigenvalue weighted by Gasteiger charge is 2.26. The molecule has 0 spiro atoms. The molecule has 0 unspecified atom stereocenters. The van der Waals surface area contributed by atoms with Crippen LogP contribution in [-0.4, -0.2) is 11.5 Å². The Labute approximate surface area is 93.1 Å². The van der Waals surface area contributed by atoms with Gasteiger partial charge in [0.1, 0.15) is 0 Å². The molecule has 1 aromatic rings. The topological polar surface area (TPSA) is 24.9 Å². The average molecular weight is 206 g/mol. The number of aromatic nitrogens is 1. The van der Waals surface area contributed by atoms with Crippen LogP contribution in [0.25, 0.3) is 0 Å². The van der Waals surface area contributed by atoms with E-state index in [0.29, 0.717) is 0 Å². The zero-order valence-corrected chi connectivity index (χ0v) is 10.3. The van der Waals surface area contributed by atoms with Gasteiger partial charge in [0.15, 0.2) is 0 Å². The van der Waals surface area contributed by atoms with Crippen LogP contribution in [0.1, 0.15) is 45.4 Å². The molecule has 0 fully saturated rings. The summed E-state index contributed by atoms with van der Waals surface area (Å²) >= 11 is 0. The van der Waals surface area contributed by atoms with Gasteiger partial charge in [-0.1, -0.05) is 33.8 Å². The molecule has 0 saturated carbocycles. The van der Waals surface area contributed by atoms with Gasteiger partial charge in [0.25, 0.3) is 0 Å². The largest absolute Gasteiger partial charge is 0.313 e. The quantitative estimate of drug-likeness (QED) is 0.706. The van der Waals surface area contributed by atoms with Gasteiger partial charge in [-0.2, -0.15) is 0 Å². The molecule has 1 N–H and O–H groups in total. The zero-order chi connectivity index (χ0) is 11.3. The highest BCUT2D eigenvalue weighted by atomic mass is 14.9. The second kappa shape index (κ2) is 5.26. The first-order valence-corrected chi connectivity index (χ1v) is 5.85. The fraction of sp³-hybridized carbons (Fsp3) is 0.615. The maximum atomic E-state index is 4.49. The number of rotatable bonds is 0. The molecular weight excluding hydrogens is 184 g/mol. The first kappa shape index (κ1) is 12.2. The van der Waals surface area contributed by atoms with Crippen LogP contribution in [0.4, 0.5) is 0 Å². The third-order valence-electron chi connectivity index (χ3n) is 2.77. The summed E-state index contributed by atoms with van der Waals surface area (Å²) in [5, 5.41) is 3.42. The summed E-state index contributed by atoms with van der Waals surface area (Å²) in [5.41, 5.74) is 2.84. The highest BCUT2D eigenvalue weighted by Crippen LogP contribution is 2.29. The smallest absolute Gasteiger partial charge is 0.0505 e. The average Bonchev–Trinajstić information content (AvgIpc) is 2.41. The van der Waals surface area contributed by atoms with Crippen LogP contribution in [0, 0.1) is 0 Å². The molecular formula is C13H22N2. The number of pyridine rings is 1. The van der Waals surface area contributed by atoms with Gasteiger partial charge in [-0.25, -0.2) is 0 Å². The minimum atomic E-state index is 0.222. The van der Waals surface area contributed by atoms with Gasteiger partial charge in [-0.3, -0.25) is 4.98 Å². The molecule has 15 heavy (non-hydrogen) atoms. The van der Waals surface area contributed by atoms with Gasteiger partial charge < -0.3 is 5.32 Å². The van der Waals surface area contributed by atoms with Crippen molar-refractivity contribution in [3.63, 3.8) is 0 Å². The summed E-state index contributed by atoms with van der Waals surface area (Å²) in [6.45, 7) is 10.6. The molecule has 0 bridgehead atoms. The molecule has 2 rings (SSSR count). The lowest BCUT2D eigenvalue weighted by Gasteiger charge is -2.23. The Balaban J connectivity index is 0.000000531. The Bertz CT molecular complexity index is 305. The summed E-state index contributed by atoms with van der Waals surface area (Å²) in [4.78, 5) is 4.49. The Morgan fingerprint density at radius 2 is 2.07 bits per heavy atom. The Hall–Kier alpha value is -0.890. The molecule has 0 aromatic carbocycles. The minimum absolute atomic E-state index is 0.222. The summed E-state index contributed by atoms with van der Waals surface area (Å²) in [5.74, 6) is 0.